The summed E-state index contributed by atoms with van der Waals surface area (Å²) in [6, 6.07) is 1.71. The quantitative estimate of drug-likeness (QED) is 0.803. The first-order chi connectivity index (χ1) is 7.19. The third-order valence-electron chi connectivity index (χ3n) is 1.97. The molecule has 0 aliphatic rings. The van der Waals surface area contributed by atoms with Crippen molar-refractivity contribution in [2.24, 2.45) is 0 Å². The molecular formula is C10H14O4S. The topological polar surface area (TPSA) is 36.9 Å². The second-order valence-electron chi connectivity index (χ2n) is 2.70. The zero-order valence-electron chi connectivity index (χ0n) is 9.16. The van der Waals surface area contributed by atoms with E-state index in [-0.39, 0.29) is 0 Å². The van der Waals surface area contributed by atoms with Crippen LogP contribution in [0.5, 0.6) is 23.0 Å². The fourth-order valence-corrected chi connectivity index (χ4v) is 1.62. The molecule has 0 atom stereocenters. The maximum Gasteiger partial charge on any atom is 0.208 e. The number of thiol groups is 1. The van der Waals surface area contributed by atoms with Crippen molar-refractivity contribution in [2.45, 2.75) is 4.90 Å². The molecule has 0 saturated carbocycles. The average molecular weight is 230 g/mol. The van der Waals surface area contributed by atoms with Crippen LogP contribution < -0.4 is 18.9 Å². The van der Waals surface area contributed by atoms with Gasteiger partial charge in [-0.1, -0.05) is 0 Å². The number of hydrogen-bond donors (Lipinski definition) is 1. The van der Waals surface area contributed by atoms with Crippen molar-refractivity contribution < 1.29 is 18.9 Å². The molecule has 0 amide bonds. The van der Waals surface area contributed by atoms with Gasteiger partial charge in [-0.05, 0) is 0 Å². The molecular weight excluding hydrogens is 216 g/mol. The molecule has 84 valence electrons. The first-order valence-corrected chi connectivity index (χ1v) is 4.70. The molecule has 0 fully saturated rings. The Morgan fingerprint density at radius 3 is 1.73 bits per heavy atom. The maximum atomic E-state index is 5.20. The van der Waals surface area contributed by atoms with E-state index >= 15 is 0 Å². The minimum Gasteiger partial charge on any atom is -0.493 e. The Balaban J connectivity index is 3.44. The fourth-order valence-electron chi connectivity index (χ4n) is 1.31. The SMILES string of the molecule is COc1cc(S)c(OC)c(OC)c1OC. The predicted molar refractivity (Wildman–Crippen MR) is 59.9 cm³/mol. The first kappa shape index (κ1) is 11.8. The highest BCUT2D eigenvalue weighted by molar-refractivity contribution is 7.80. The molecule has 0 aromatic heterocycles. The van der Waals surface area contributed by atoms with Gasteiger partial charge in [-0.15, -0.1) is 12.6 Å². The van der Waals surface area contributed by atoms with Gasteiger partial charge in [0.2, 0.25) is 11.5 Å². The van der Waals surface area contributed by atoms with Crippen molar-refractivity contribution in [3.05, 3.63) is 6.07 Å². The summed E-state index contributed by atoms with van der Waals surface area (Å²) in [6.45, 7) is 0. The van der Waals surface area contributed by atoms with Gasteiger partial charge < -0.3 is 18.9 Å². The largest absolute Gasteiger partial charge is 0.493 e. The molecule has 1 aromatic rings. The number of rotatable bonds is 4. The maximum absolute atomic E-state index is 5.20. The van der Waals surface area contributed by atoms with Crippen molar-refractivity contribution >= 4 is 12.6 Å². The normalized spacial score (nSPS) is 9.67. The number of methoxy groups -OCH3 is 4. The van der Waals surface area contributed by atoms with Gasteiger partial charge in [-0.2, -0.15) is 0 Å². The Bertz CT molecular complexity index is 352. The van der Waals surface area contributed by atoms with Crippen LogP contribution in [0.15, 0.2) is 11.0 Å². The Kier molecular flexibility index (Phi) is 3.96. The summed E-state index contributed by atoms with van der Waals surface area (Å²) in [4.78, 5) is 0.631. The first-order valence-electron chi connectivity index (χ1n) is 4.25. The predicted octanol–water partition coefficient (Wildman–Crippen LogP) is 2.01. The van der Waals surface area contributed by atoms with Crippen molar-refractivity contribution in [3.63, 3.8) is 0 Å². The van der Waals surface area contributed by atoms with Crippen LogP contribution in [-0.2, 0) is 0 Å². The molecule has 4 nitrogen and oxygen atoms in total. The highest BCUT2D eigenvalue weighted by Crippen LogP contribution is 2.47. The third kappa shape index (κ3) is 2.07. The van der Waals surface area contributed by atoms with Crippen LogP contribution in [0.1, 0.15) is 0 Å². The lowest BCUT2D eigenvalue weighted by Crippen LogP contribution is -1.98. The smallest absolute Gasteiger partial charge is 0.208 e. The molecule has 0 aliphatic heterocycles. The Morgan fingerprint density at radius 1 is 0.800 bits per heavy atom. The van der Waals surface area contributed by atoms with Gasteiger partial charge in [-0.25, -0.2) is 0 Å². The lowest BCUT2D eigenvalue weighted by Gasteiger charge is -2.16. The molecule has 1 aromatic carbocycles. The Labute approximate surface area is 94.5 Å². The highest BCUT2D eigenvalue weighted by atomic mass is 32.1. The van der Waals surface area contributed by atoms with E-state index in [0.717, 1.165) is 0 Å². The van der Waals surface area contributed by atoms with Gasteiger partial charge in [-0.3, -0.25) is 0 Å². The molecule has 0 bridgehead atoms. The van der Waals surface area contributed by atoms with Gasteiger partial charge in [0.15, 0.2) is 11.5 Å². The van der Waals surface area contributed by atoms with E-state index in [1.807, 2.05) is 0 Å². The molecule has 0 N–H and O–H groups in total. The molecule has 0 aliphatic carbocycles. The van der Waals surface area contributed by atoms with Gasteiger partial charge in [0.25, 0.3) is 0 Å². The van der Waals surface area contributed by atoms with Gasteiger partial charge in [0, 0.05) is 6.07 Å². The highest BCUT2D eigenvalue weighted by Gasteiger charge is 2.19. The summed E-state index contributed by atoms with van der Waals surface area (Å²) in [5.74, 6) is 2.05. The van der Waals surface area contributed by atoms with E-state index in [1.54, 1.807) is 20.3 Å². The van der Waals surface area contributed by atoms with E-state index in [2.05, 4.69) is 12.6 Å². The molecule has 0 heterocycles. The van der Waals surface area contributed by atoms with E-state index in [4.69, 9.17) is 18.9 Å². The summed E-state index contributed by atoms with van der Waals surface area (Å²) in [7, 11) is 6.17. The van der Waals surface area contributed by atoms with Crippen LogP contribution in [0.2, 0.25) is 0 Å². The number of ether oxygens (including phenoxy) is 4. The second kappa shape index (κ2) is 5.02. The summed E-state index contributed by atoms with van der Waals surface area (Å²) < 4.78 is 20.7. The monoisotopic (exact) mass is 230 g/mol. The van der Waals surface area contributed by atoms with Crippen molar-refractivity contribution in [1.29, 1.82) is 0 Å². The van der Waals surface area contributed by atoms with E-state index in [0.29, 0.717) is 27.9 Å². The summed E-state index contributed by atoms with van der Waals surface area (Å²) >= 11 is 4.27. The van der Waals surface area contributed by atoms with Crippen LogP contribution in [0, 0.1) is 0 Å². The molecule has 0 spiro atoms. The van der Waals surface area contributed by atoms with Gasteiger partial charge in [0.05, 0.1) is 33.3 Å². The summed E-state index contributed by atoms with van der Waals surface area (Å²) in [5, 5.41) is 0. The Hall–Kier alpha value is -1.23. The zero-order valence-corrected chi connectivity index (χ0v) is 10.1. The van der Waals surface area contributed by atoms with Gasteiger partial charge >= 0.3 is 0 Å². The molecule has 5 heteroatoms. The van der Waals surface area contributed by atoms with Crippen LogP contribution >= 0.6 is 12.6 Å². The average Bonchev–Trinajstić information content (AvgIpc) is 2.27. The fraction of sp³-hybridized carbons (Fsp3) is 0.400. The second-order valence-corrected chi connectivity index (χ2v) is 3.18. The minimum absolute atomic E-state index is 0.476. The van der Waals surface area contributed by atoms with Crippen LogP contribution in [0.25, 0.3) is 0 Å². The van der Waals surface area contributed by atoms with E-state index in [1.165, 1.54) is 14.2 Å². The van der Waals surface area contributed by atoms with Crippen LogP contribution in [0.3, 0.4) is 0 Å². The van der Waals surface area contributed by atoms with E-state index in [9.17, 15) is 0 Å². The standard InChI is InChI=1S/C10H14O4S/c1-11-6-5-7(15)9(13-3)10(14-4)8(6)12-2/h5,15H,1-4H3. The minimum atomic E-state index is 0.476. The molecule has 0 saturated heterocycles. The van der Waals surface area contributed by atoms with E-state index < -0.39 is 0 Å². The lowest BCUT2D eigenvalue weighted by atomic mass is 10.2. The summed E-state index contributed by atoms with van der Waals surface area (Å²) in [6.07, 6.45) is 0. The molecule has 0 unspecified atom stereocenters. The third-order valence-corrected chi connectivity index (χ3v) is 2.30. The Morgan fingerprint density at radius 2 is 1.33 bits per heavy atom. The zero-order chi connectivity index (χ0) is 11.4. The number of benzene rings is 1. The van der Waals surface area contributed by atoms with Crippen molar-refractivity contribution in [3.8, 4) is 23.0 Å². The number of hydrogen-bond acceptors (Lipinski definition) is 5. The summed E-state index contributed by atoms with van der Waals surface area (Å²) in [5.41, 5.74) is 0. The van der Waals surface area contributed by atoms with Crippen molar-refractivity contribution in [1.82, 2.24) is 0 Å². The van der Waals surface area contributed by atoms with Crippen LogP contribution in [-0.4, -0.2) is 28.4 Å². The molecule has 0 radical (unpaired) electrons. The van der Waals surface area contributed by atoms with Crippen LogP contribution in [0.4, 0.5) is 0 Å². The molecule has 15 heavy (non-hydrogen) atoms. The van der Waals surface area contributed by atoms with Crippen molar-refractivity contribution in [2.75, 3.05) is 28.4 Å². The molecule has 1 rings (SSSR count). The van der Waals surface area contributed by atoms with Gasteiger partial charge in [0.1, 0.15) is 0 Å². The lowest BCUT2D eigenvalue weighted by molar-refractivity contribution is 0.301.